The Morgan fingerprint density at radius 3 is 2.56 bits per heavy atom. The molecule has 0 saturated heterocycles. The average molecular weight is 243 g/mol. The van der Waals surface area contributed by atoms with E-state index in [1.54, 1.807) is 20.3 Å². The first-order valence-corrected chi connectivity index (χ1v) is 5.38. The number of nitriles is 1. The molecule has 1 heterocycles. The van der Waals surface area contributed by atoms with Gasteiger partial charge in [-0.2, -0.15) is 5.26 Å². The number of hydrogen-bond acceptors (Lipinski definition) is 4. The van der Waals surface area contributed by atoms with Gasteiger partial charge in [0.25, 0.3) is 0 Å². The lowest BCUT2D eigenvalue weighted by Crippen LogP contribution is -1.91. The van der Waals surface area contributed by atoms with Crippen LogP contribution in [-0.2, 0) is 0 Å². The van der Waals surface area contributed by atoms with Crippen molar-refractivity contribution in [2.45, 2.75) is 6.92 Å². The third-order valence-corrected chi connectivity index (χ3v) is 2.60. The molecule has 0 aliphatic heterocycles. The molecule has 18 heavy (non-hydrogen) atoms. The van der Waals surface area contributed by atoms with E-state index in [0.29, 0.717) is 28.7 Å². The fourth-order valence-electron chi connectivity index (χ4n) is 1.77. The van der Waals surface area contributed by atoms with Gasteiger partial charge in [-0.1, -0.05) is 0 Å². The van der Waals surface area contributed by atoms with Crippen molar-refractivity contribution >= 4 is 0 Å². The van der Waals surface area contributed by atoms with Crippen molar-refractivity contribution < 1.29 is 9.47 Å². The van der Waals surface area contributed by atoms with E-state index in [0.717, 1.165) is 5.56 Å². The zero-order chi connectivity index (χ0) is 13.1. The number of aryl methyl sites for hydroxylation is 1. The molecule has 0 spiro atoms. The van der Waals surface area contributed by atoms with Crippen LogP contribution in [0.25, 0.3) is 11.3 Å². The summed E-state index contributed by atoms with van der Waals surface area (Å²) in [6, 6.07) is 7.53. The van der Waals surface area contributed by atoms with Gasteiger partial charge in [-0.3, -0.25) is 0 Å². The highest BCUT2D eigenvalue weighted by Crippen LogP contribution is 2.32. The fourth-order valence-corrected chi connectivity index (χ4v) is 1.77. The SMILES string of the molecule is COc1ccc(-c2[nH]c(C)nc2C#N)cc1OC. The molecule has 1 aromatic heterocycles. The molecule has 0 amide bonds. The maximum atomic E-state index is 9.03. The van der Waals surface area contributed by atoms with E-state index in [4.69, 9.17) is 14.7 Å². The van der Waals surface area contributed by atoms with Crippen LogP contribution in [-0.4, -0.2) is 24.2 Å². The van der Waals surface area contributed by atoms with Gasteiger partial charge in [-0.25, -0.2) is 4.98 Å². The molecule has 1 aromatic carbocycles. The Labute approximate surface area is 105 Å². The highest BCUT2D eigenvalue weighted by Gasteiger charge is 2.12. The molecule has 0 atom stereocenters. The molecule has 1 N–H and O–H groups in total. The first-order chi connectivity index (χ1) is 8.69. The van der Waals surface area contributed by atoms with Crippen molar-refractivity contribution in [2.24, 2.45) is 0 Å². The zero-order valence-corrected chi connectivity index (χ0v) is 10.4. The van der Waals surface area contributed by atoms with Crippen LogP contribution < -0.4 is 9.47 Å². The molecule has 2 rings (SSSR count). The van der Waals surface area contributed by atoms with Gasteiger partial charge < -0.3 is 14.5 Å². The van der Waals surface area contributed by atoms with Crippen LogP contribution in [0.2, 0.25) is 0 Å². The zero-order valence-electron chi connectivity index (χ0n) is 10.4. The van der Waals surface area contributed by atoms with E-state index >= 15 is 0 Å². The number of imidazole rings is 1. The molecule has 0 bridgehead atoms. The molecule has 0 saturated carbocycles. The van der Waals surface area contributed by atoms with Crippen LogP contribution in [0.15, 0.2) is 18.2 Å². The van der Waals surface area contributed by atoms with Crippen LogP contribution in [0, 0.1) is 18.3 Å². The number of aromatic nitrogens is 2. The monoisotopic (exact) mass is 243 g/mol. The van der Waals surface area contributed by atoms with E-state index in [-0.39, 0.29) is 0 Å². The third kappa shape index (κ3) is 2.00. The molecule has 2 aromatic rings. The normalized spacial score (nSPS) is 9.89. The van der Waals surface area contributed by atoms with Crippen molar-refractivity contribution in [1.29, 1.82) is 5.26 Å². The van der Waals surface area contributed by atoms with Gasteiger partial charge in [0.1, 0.15) is 11.9 Å². The lowest BCUT2D eigenvalue weighted by atomic mass is 10.1. The molecule has 0 aliphatic carbocycles. The summed E-state index contributed by atoms with van der Waals surface area (Å²) in [7, 11) is 3.16. The van der Waals surface area contributed by atoms with Gasteiger partial charge >= 0.3 is 0 Å². The Kier molecular flexibility index (Phi) is 3.20. The van der Waals surface area contributed by atoms with Crippen molar-refractivity contribution in [3.05, 3.63) is 29.7 Å². The summed E-state index contributed by atoms with van der Waals surface area (Å²) in [6.07, 6.45) is 0. The predicted molar refractivity (Wildman–Crippen MR) is 66.6 cm³/mol. The number of methoxy groups -OCH3 is 2. The molecule has 0 fully saturated rings. The fraction of sp³-hybridized carbons (Fsp3) is 0.231. The number of aromatic amines is 1. The van der Waals surface area contributed by atoms with Crippen LogP contribution in [0.1, 0.15) is 11.5 Å². The Balaban J connectivity index is 2.54. The standard InChI is InChI=1S/C13H13N3O2/c1-8-15-10(7-14)13(16-8)9-4-5-11(17-2)12(6-9)18-3/h4-6H,1-3H3,(H,15,16). The molecular formula is C13H13N3O2. The maximum absolute atomic E-state index is 9.03. The Morgan fingerprint density at radius 2 is 1.94 bits per heavy atom. The van der Waals surface area contributed by atoms with Crippen molar-refractivity contribution in [3.63, 3.8) is 0 Å². The minimum Gasteiger partial charge on any atom is -0.493 e. The number of hydrogen-bond donors (Lipinski definition) is 1. The molecule has 0 unspecified atom stereocenters. The van der Waals surface area contributed by atoms with Gasteiger partial charge in [0.05, 0.1) is 19.9 Å². The summed E-state index contributed by atoms with van der Waals surface area (Å²) in [5.74, 6) is 1.97. The number of rotatable bonds is 3. The molecule has 0 aliphatic rings. The summed E-state index contributed by atoms with van der Waals surface area (Å²) in [4.78, 5) is 7.19. The van der Waals surface area contributed by atoms with Crippen LogP contribution in [0.3, 0.4) is 0 Å². The minimum absolute atomic E-state index is 0.375. The Bertz CT molecular complexity index is 611. The van der Waals surface area contributed by atoms with Gasteiger partial charge in [-0.15, -0.1) is 0 Å². The molecule has 5 nitrogen and oxygen atoms in total. The molecular weight excluding hydrogens is 230 g/mol. The van der Waals surface area contributed by atoms with Crippen LogP contribution in [0.4, 0.5) is 0 Å². The summed E-state index contributed by atoms with van der Waals surface area (Å²) >= 11 is 0. The first kappa shape index (κ1) is 12.0. The second-order valence-electron chi connectivity index (χ2n) is 3.73. The van der Waals surface area contributed by atoms with Gasteiger partial charge in [0.2, 0.25) is 0 Å². The maximum Gasteiger partial charge on any atom is 0.166 e. The summed E-state index contributed by atoms with van der Waals surface area (Å²) in [5, 5.41) is 9.03. The van der Waals surface area contributed by atoms with Gasteiger partial charge in [0.15, 0.2) is 17.2 Å². The smallest absolute Gasteiger partial charge is 0.166 e. The topological polar surface area (TPSA) is 70.9 Å². The molecule has 5 heteroatoms. The van der Waals surface area contributed by atoms with E-state index in [2.05, 4.69) is 16.0 Å². The van der Waals surface area contributed by atoms with E-state index < -0.39 is 0 Å². The lowest BCUT2D eigenvalue weighted by molar-refractivity contribution is 0.355. The summed E-state index contributed by atoms with van der Waals surface area (Å²) < 4.78 is 10.4. The molecule has 92 valence electrons. The van der Waals surface area contributed by atoms with Gasteiger partial charge in [0, 0.05) is 5.56 Å². The summed E-state index contributed by atoms with van der Waals surface area (Å²) in [6.45, 7) is 1.81. The Morgan fingerprint density at radius 1 is 1.22 bits per heavy atom. The third-order valence-electron chi connectivity index (χ3n) is 2.60. The van der Waals surface area contributed by atoms with Crippen molar-refractivity contribution in [2.75, 3.05) is 14.2 Å². The second-order valence-corrected chi connectivity index (χ2v) is 3.73. The second kappa shape index (κ2) is 4.80. The van der Waals surface area contributed by atoms with E-state index in [1.165, 1.54) is 0 Å². The van der Waals surface area contributed by atoms with Crippen LogP contribution >= 0.6 is 0 Å². The minimum atomic E-state index is 0.375. The highest BCUT2D eigenvalue weighted by atomic mass is 16.5. The average Bonchev–Trinajstić information content (AvgIpc) is 2.79. The van der Waals surface area contributed by atoms with Crippen molar-refractivity contribution in [1.82, 2.24) is 9.97 Å². The lowest BCUT2D eigenvalue weighted by Gasteiger charge is -2.08. The van der Waals surface area contributed by atoms with E-state index in [9.17, 15) is 0 Å². The summed E-state index contributed by atoms with van der Waals surface area (Å²) in [5.41, 5.74) is 1.90. The number of nitrogens with zero attached hydrogens (tertiary/aromatic N) is 2. The van der Waals surface area contributed by atoms with Crippen molar-refractivity contribution in [3.8, 4) is 28.8 Å². The largest absolute Gasteiger partial charge is 0.493 e. The number of ether oxygens (including phenoxy) is 2. The predicted octanol–water partition coefficient (Wildman–Crippen LogP) is 2.27. The van der Waals surface area contributed by atoms with E-state index in [1.807, 2.05) is 19.1 Å². The van der Waals surface area contributed by atoms with Crippen LogP contribution in [0.5, 0.6) is 11.5 Å². The number of H-pyrrole nitrogens is 1. The molecule has 0 radical (unpaired) electrons. The van der Waals surface area contributed by atoms with Gasteiger partial charge in [-0.05, 0) is 25.1 Å². The number of benzene rings is 1. The Hall–Kier alpha value is -2.48. The number of nitrogens with one attached hydrogen (secondary N) is 1. The first-order valence-electron chi connectivity index (χ1n) is 5.38. The quantitative estimate of drug-likeness (QED) is 0.897. The highest BCUT2D eigenvalue weighted by molar-refractivity contribution is 5.68.